The molecule has 1 aliphatic carbocycles. The zero-order chi connectivity index (χ0) is 11.7. The van der Waals surface area contributed by atoms with Crippen molar-refractivity contribution in [2.45, 2.75) is 25.3 Å². The first kappa shape index (κ1) is 10.6. The highest BCUT2D eigenvalue weighted by atomic mass is 16.3. The second-order valence-corrected chi connectivity index (χ2v) is 4.86. The van der Waals surface area contributed by atoms with Crippen molar-refractivity contribution >= 4 is 0 Å². The first-order valence-corrected chi connectivity index (χ1v) is 6.19. The first-order chi connectivity index (χ1) is 8.34. The molecule has 3 rings (SSSR count). The summed E-state index contributed by atoms with van der Waals surface area (Å²) in [5.74, 6) is 0.530. The minimum absolute atomic E-state index is 0.162. The van der Waals surface area contributed by atoms with Crippen LogP contribution < -0.4 is 5.73 Å². The van der Waals surface area contributed by atoms with E-state index in [0.29, 0.717) is 5.92 Å². The van der Waals surface area contributed by atoms with Crippen LogP contribution in [0.15, 0.2) is 47.3 Å². The van der Waals surface area contributed by atoms with Crippen molar-refractivity contribution in [1.29, 1.82) is 0 Å². The van der Waals surface area contributed by atoms with Gasteiger partial charge in [-0.1, -0.05) is 24.3 Å². The maximum absolute atomic E-state index is 6.38. The van der Waals surface area contributed by atoms with Crippen LogP contribution >= 0.6 is 0 Å². The van der Waals surface area contributed by atoms with Gasteiger partial charge in [-0.25, -0.2) is 0 Å². The molecule has 2 heteroatoms. The van der Waals surface area contributed by atoms with Crippen molar-refractivity contribution in [3.8, 4) is 0 Å². The topological polar surface area (TPSA) is 39.2 Å². The normalized spacial score (nSPS) is 23.4. The summed E-state index contributed by atoms with van der Waals surface area (Å²) in [4.78, 5) is 0. The van der Waals surface area contributed by atoms with Gasteiger partial charge in [0.25, 0.3) is 0 Å². The van der Waals surface area contributed by atoms with E-state index in [2.05, 4.69) is 24.3 Å². The van der Waals surface area contributed by atoms with Crippen molar-refractivity contribution in [1.82, 2.24) is 0 Å². The molecule has 2 N–H and O–H groups in total. The molecule has 0 fully saturated rings. The van der Waals surface area contributed by atoms with Gasteiger partial charge in [0.05, 0.1) is 12.5 Å². The van der Waals surface area contributed by atoms with Gasteiger partial charge in [-0.15, -0.1) is 0 Å². The Morgan fingerprint density at radius 2 is 2.12 bits per heavy atom. The third-order valence-corrected chi connectivity index (χ3v) is 3.78. The molecule has 88 valence electrons. The van der Waals surface area contributed by atoms with Crippen molar-refractivity contribution in [3.63, 3.8) is 0 Å². The summed E-state index contributed by atoms with van der Waals surface area (Å²) in [6, 6.07) is 10.7. The summed E-state index contributed by atoms with van der Waals surface area (Å²) < 4.78 is 5.12. The molecule has 1 heterocycles. The molecule has 0 saturated heterocycles. The Labute approximate surface area is 101 Å². The van der Waals surface area contributed by atoms with E-state index in [1.54, 1.807) is 6.26 Å². The average molecular weight is 227 g/mol. The monoisotopic (exact) mass is 227 g/mol. The van der Waals surface area contributed by atoms with Crippen LogP contribution in [0.25, 0.3) is 0 Å². The molecule has 0 saturated carbocycles. The summed E-state index contributed by atoms with van der Waals surface area (Å²) in [6.45, 7) is 0. The van der Waals surface area contributed by atoms with E-state index < -0.39 is 0 Å². The van der Waals surface area contributed by atoms with Gasteiger partial charge in [-0.05, 0) is 47.9 Å². The van der Waals surface area contributed by atoms with Crippen molar-refractivity contribution in [2.24, 2.45) is 11.7 Å². The fourth-order valence-electron chi connectivity index (χ4n) is 2.80. The van der Waals surface area contributed by atoms with E-state index in [0.717, 1.165) is 12.8 Å². The number of fused-ring (bicyclic) bond motifs is 1. The second-order valence-electron chi connectivity index (χ2n) is 4.86. The van der Waals surface area contributed by atoms with E-state index >= 15 is 0 Å². The fraction of sp³-hybridized carbons (Fsp3) is 0.333. The molecule has 1 aromatic carbocycles. The SMILES string of the molecule is NC1c2ccccc2CCC1Cc1ccoc1. The number of benzene rings is 1. The van der Waals surface area contributed by atoms with Crippen LogP contribution in [0.5, 0.6) is 0 Å². The lowest BCUT2D eigenvalue weighted by Crippen LogP contribution is -2.28. The van der Waals surface area contributed by atoms with Crippen molar-refractivity contribution < 1.29 is 4.42 Å². The zero-order valence-corrected chi connectivity index (χ0v) is 9.80. The third kappa shape index (κ3) is 2.01. The van der Waals surface area contributed by atoms with E-state index in [1.165, 1.54) is 23.1 Å². The molecule has 2 atom stereocenters. The Kier molecular flexibility index (Phi) is 2.73. The van der Waals surface area contributed by atoms with Gasteiger partial charge in [0.15, 0.2) is 0 Å². The second kappa shape index (κ2) is 4.38. The summed E-state index contributed by atoms with van der Waals surface area (Å²) in [7, 11) is 0. The quantitative estimate of drug-likeness (QED) is 0.856. The van der Waals surface area contributed by atoms with E-state index in [1.807, 2.05) is 12.3 Å². The van der Waals surface area contributed by atoms with Gasteiger partial charge in [0.1, 0.15) is 0 Å². The van der Waals surface area contributed by atoms with Crippen molar-refractivity contribution in [2.75, 3.05) is 0 Å². The van der Waals surface area contributed by atoms with Gasteiger partial charge in [0, 0.05) is 6.04 Å². The third-order valence-electron chi connectivity index (χ3n) is 3.78. The molecular weight excluding hydrogens is 210 g/mol. The molecule has 1 aliphatic rings. The number of hydrogen-bond donors (Lipinski definition) is 1. The van der Waals surface area contributed by atoms with Crippen molar-refractivity contribution in [3.05, 3.63) is 59.5 Å². The Hall–Kier alpha value is -1.54. The van der Waals surface area contributed by atoms with Crippen LogP contribution in [-0.4, -0.2) is 0 Å². The van der Waals surface area contributed by atoms with Gasteiger partial charge < -0.3 is 10.2 Å². The van der Waals surface area contributed by atoms with Crippen LogP contribution in [-0.2, 0) is 12.8 Å². The predicted molar refractivity (Wildman–Crippen MR) is 67.6 cm³/mol. The maximum Gasteiger partial charge on any atom is 0.0934 e. The number of hydrogen-bond acceptors (Lipinski definition) is 2. The van der Waals surface area contributed by atoms with E-state index in [9.17, 15) is 0 Å². The van der Waals surface area contributed by atoms with Gasteiger partial charge in [-0.2, -0.15) is 0 Å². The van der Waals surface area contributed by atoms with Crippen LogP contribution in [0.1, 0.15) is 29.2 Å². The Morgan fingerprint density at radius 3 is 2.94 bits per heavy atom. The highest BCUT2D eigenvalue weighted by Crippen LogP contribution is 2.34. The maximum atomic E-state index is 6.38. The smallest absolute Gasteiger partial charge is 0.0934 e. The largest absolute Gasteiger partial charge is 0.472 e. The molecule has 0 amide bonds. The van der Waals surface area contributed by atoms with Crippen LogP contribution in [0.3, 0.4) is 0 Å². The van der Waals surface area contributed by atoms with Gasteiger partial charge in [-0.3, -0.25) is 0 Å². The van der Waals surface area contributed by atoms with E-state index in [-0.39, 0.29) is 6.04 Å². The number of rotatable bonds is 2. The first-order valence-electron chi connectivity index (χ1n) is 6.19. The zero-order valence-electron chi connectivity index (χ0n) is 9.80. The average Bonchev–Trinajstić information content (AvgIpc) is 2.86. The number of furan rings is 1. The lowest BCUT2D eigenvalue weighted by Gasteiger charge is -2.30. The van der Waals surface area contributed by atoms with Crippen LogP contribution in [0.2, 0.25) is 0 Å². The minimum atomic E-state index is 0.162. The van der Waals surface area contributed by atoms with Gasteiger partial charge in [0.2, 0.25) is 0 Å². The standard InChI is InChI=1S/C15H17NO/c16-15-13(9-11-7-8-17-10-11)6-5-12-3-1-2-4-14(12)15/h1-4,7-8,10,13,15H,5-6,9,16H2. The van der Waals surface area contributed by atoms with Crippen LogP contribution in [0, 0.1) is 5.92 Å². The Morgan fingerprint density at radius 1 is 1.24 bits per heavy atom. The highest BCUT2D eigenvalue weighted by Gasteiger charge is 2.26. The summed E-state index contributed by atoms with van der Waals surface area (Å²) in [5.41, 5.74) is 10.4. The number of aryl methyl sites for hydroxylation is 1. The molecule has 17 heavy (non-hydrogen) atoms. The minimum Gasteiger partial charge on any atom is -0.472 e. The molecule has 1 aromatic heterocycles. The molecule has 2 nitrogen and oxygen atoms in total. The summed E-state index contributed by atoms with van der Waals surface area (Å²) >= 11 is 0. The van der Waals surface area contributed by atoms with E-state index in [4.69, 9.17) is 10.2 Å². The number of nitrogens with two attached hydrogens (primary N) is 1. The molecule has 0 radical (unpaired) electrons. The summed E-state index contributed by atoms with van der Waals surface area (Å²) in [6.07, 6.45) is 6.90. The Bertz CT molecular complexity index is 489. The predicted octanol–water partition coefficient (Wildman–Crippen LogP) is 3.08. The molecule has 2 aromatic rings. The molecule has 2 unspecified atom stereocenters. The molecule has 0 bridgehead atoms. The van der Waals surface area contributed by atoms with Crippen LogP contribution in [0.4, 0.5) is 0 Å². The molecule has 0 aliphatic heterocycles. The summed E-state index contributed by atoms with van der Waals surface area (Å²) in [5, 5.41) is 0. The highest BCUT2D eigenvalue weighted by molar-refractivity contribution is 5.33. The lowest BCUT2D eigenvalue weighted by atomic mass is 9.78. The Balaban J connectivity index is 1.82. The van der Waals surface area contributed by atoms with Gasteiger partial charge >= 0.3 is 0 Å². The molecular formula is C15H17NO. The molecule has 0 spiro atoms. The lowest BCUT2D eigenvalue weighted by molar-refractivity contribution is 0.375. The fourth-order valence-corrected chi connectivity index (χ4v) is 2.80.